The number of rotatable bonds is 6. The van der Waals surface area contributed by atoms with E-state index in [2.05, 4.69) is 32.7 Å². The van der Waals surface area contributed by atoms with E-state index in [9.17, 15) is 0 Å². The summed E-state index contributed by atoms with van der Waals surface area (Å²) < 4.78 is 0. The highest BCUT2D eigenvalue weighted by Gasteiger charge is 2.01. The summed E-state index contributed by atoms with van der Waals surface area (Å²) in [7, 11) is 0. The minimum atomic E-state index is 0.539. The van der Waals surface area contributed by atoms with Gasteiger partial charge in [-0.3, -0.25) is 0 Å². The first-order valence-electron chi connectivity index (χ1n) is 7.43. The lowest BCUT2D eigenvalue weighted by Crippen LogP contribution is -2.07. The molecule has 2 N–H and O–H groups in total. The summed E-state index contributed by atoms with van der Waals surface area (Å²) in [5, 5.41) is 7.13. The van der Waals surface area contributed by atoms with E-state index in [1.807, 2.05) is 48.5 Å². The molecule has 116 valence electrons. The maximum absolute atomic E-state index is 5.98. The number of benzene rings is 2. The van der Waals surface area contributed by atoms with Gasteiger partial charge in [-0.1, -0.05) is 48.0 Å². The van der Waals surface area contributed by atoms with Crippen LogP contribution in [0.4, 0.5) is 17.5 Å². The molecule has 23 heavy (non-hydrogen) atoms. The van der Waals surface area contributed by atoms with Crippen LogP contribution in [0.2, 0.25) is 5.02 Å². The number of hydrogen-bond donors (Lipinski definition) is 2. The van der Waals surface area contributed by atoms with Gasteiger partial charge in [-0.15, -0.1) is 0 Å². The molecule has 0 aliphatic rings. The molecule has 0 unspecified atom stereocenters. The molecule has 0 aliphatic carbocycles. The van der Waals surface area contributed by atoms with Crippen LogP contribution in [0.25, 0.3) is 0 Å². The summed E-state index contributed by atoms with van der Waals surface area (Å²) in [6.45, 7) is 0.817. The van der Waals surface area contributed by atoms with E-state index in [-0.39, 0.29) is 0 Å². The van der Waals surface area contributed by atoms with Crippen LogP contribution in [0.15, 0.2) is 66.9 Å². The maximum Gasteiger partial charge on any atom is 0.229 e. The van der Waals surface area contributed by atoms with Crippen LogP contribution in [0, 0.1) is 0 Å². The first-order chi connectivity index (χ1) is 11.3. The second-order valence-corrected chi connectivity index (χ2v) is 5.50. The van der Waals surface area contributed by atoms with Crippen molar-refractivity contribution in [3.63, 3.8) is 0 Å². The molecule has 0 saturated carbocycles. The molecule has 5 heteroatoms. The van der Waals surface area contributed by atoms with Gasteiger partial charge in [0.15, 0.2) is 0 Å². The molecule has 3 rings (SSSR count). The molecule has 0 aliphatic heterocycles. The van der Waals surface area contributed by atoms with Gasteiger partial charge in [0.25, 0.3) is 0 Å². The lowest BCUT2D eigenvalue weighted by Gasteiger charge is -2.08. The van der Waals surface area contributed by atoms with E-state index in [0.717, 1.165) is 24.5 Å². The topological polar surface area (TPSA) is 49.8 Å². The smallest absolute Gasteiger partial charge is 0.229 e. The van der Waals surface area contributed by atoms with Crippen molar-refractivity contribution in [2.75, 3.05) is 17.2 Å². The van der Waals surface area contributed by atoms with Gasteiger partial charge >= 0.3 is 0 Å². The van der Waals surface area contributed by atoms with Gasteiger partial charge in [0.1, 0.15) is 5.82 Å². The predicted molar refractivity (Wildman–Crippen MR) is 95.4 cm³/mol. The quantitative estimate of drug-likeness (QED) is 0.699. The molecule has 0 radical (unpaired) electrons. The van der Waals surface area contributed by atoms with Crippen LogP contribution in [-0.2, 0) is 6.42 Å². The van der Waals surface area contributed by atoms with Crippen LogP contribution >= 0.6 is 11.6 Å². The Kier molecular flexibility index (Phi) is 5.06. The van der Waals surface area contributed by atoms with E-state index < -0.39 is 0 Å². The minimum absolute atomic E-state index is 0.539. The van der Waals surface area contributed by atoms with Crippen LogP contribution in [0.3, 0.4) is 0 Å². The Bertz CT molecular complexity index is 762. The molecule has 0 fully saturated rings. The standard InChI is InChI=1S/C18H17ClN4/c19-15-7-4-8-16(13-15)22-18-21-12-10-17(23-18)20-11-9-14-5-2-1-3-6-14/h1-8,10,12-13H,9,11H2,(H2,20,21,22,23). The monoisotopic (exact) mass is 324 g/mol. The normalized spacial score (nSPS) is 10.3. The molecule has 4 nitrogen and oxygen atoms in total. The lowest BCUT2D eigenvalue weighted by atomic mass is 10.1. The first kappa shape index (κ1) is 15.3. The Hall–Kier alpha value is -2.59. The Morgan fingerprint density at radius 3 is 2.65 bits per heavy atom. The molecule has 1 aromatic heterocycles. The summed E-state index contributed by atoms with van der Waals surface area (Å²) in [6.07, 6.45) is 2.67. The third kappa shape index (κ3) is 4.69. The summed E-state index contributed by atoms with van der Waals surface area (Å²) >= 11 is 5.98. The first-order valence-corrected chi connectivity index (χ1v) is 7.81. The highest BCUT2D eigenvalue weighted by atomic mass is 35.5. The Balaban J connectivity index is 1.59. The fourth-order valence-corrected chi connectivity index (χ4v) is 2.38. The second kappa shape index (κ2) is 7.61. The molecule has 1 heterocycles. The molecular formula is C18H17ClN4. The SMILES string of the molecule is Clc1cccc(Nc2nccc(NCCc3ccccc3)n2)c1. The molecule has 3 aromatic rings. The maximum atomic E-state index is 5.98. The molecule has 0 spiro atoms. The van der Waals surface area contributed by atoms with Crippen molar-refractivity contribution in [1.82, 2.24) is 9.97 Å². The van der Waals surface area contributed by atoms with Crippen molar-refractivity contribution >= 4 is 29.1 Å². The van der Waals surface area contributed by atoms with Crippen LogP contribution < -0.4 is 10.6 Å². The zero-order valence-corrected chi connectivity index (χ0v) is 13.3. The summed E-state index contributed by atoms with van der Waals surface area (Å²) in [5.41, 5.74) is 2.16. The largest absolute Gasteiger partial charge is 0.370 e. The molecule has 2 aromatic carbocycles. The van der Waals surface area contributed by atoms with E-state index in [0.29, 0.717) is 11.0 Å². The van der Waals surface area contributed by atoms with Crippen LogP contribution in [0.1, 0.15) is 5.56 Å². The van der Waals surface area contributed by atoms with Gasteiger partial charge in [0.2, 0.25) is 5.95 Å². The number of hydrogen-bond acceptors (Lipinski definition) is 4. The number of nitrogens with zero attached hydrogens (tertiary/aromatic N) is 2. The number of nitrogens with one attached hydrogen (secondary N) is 2. The minimum Gasteiger partial charge on any atom is -0.370 e. The zero-order valence-electron chi connectivity index (χ0n) is 12.5. The zero-order chi connectivity index (χ0) is 15.9. The third-order valence-corrected chi connectivity index (χ3v) is 3.53. The van der Waals surface area contributed by atoms with E-state index in [1.165, 1.54) is 5.56 Å². The Labute approximate surface area is 140 Å². The number of halogens is 1. The summed E-state index contributed by atoms with van der Waals surface area (Å²) in [6, 6.07) is 19.7. The van der Waals surface area contributed by atoms with Crippen molar-refractivity contribution in [3.8, 4) is 0 Å². The van der Waals surface area contributed by atoms with E-state index >= 15 is 0 Å². The molecule has 0 amide bonds. The van der Waals surface area contributed by atoms with Gasteiger partial charge in [0, 0.05) is 23.5 Å². The number of aromatic nitrogens is 2. The number of anilines is 3. The average molecular weight is 325 g/mol. The summed E-state index contributed by atoms with van der Waals surface area (Å²) in [4.78, 5) is 8.68. The average Bonchev–Trinajstić information content (AvgIpc) is 2.56. The molecule has 0 atom stereocenters. The van der Waals surface area contributed by atoms with E-state index in [1.54, 1.807) is 6.20 Å². The lowest BCUT2D eigenvalue weighted by molar-refractivity contribution is 1.00. The van der Waals surface area contributed by atoms with Crippen molar-refractivity contribution in [1.29, 1.82) is 0 Å². The van der Waals surface area contributed by atoms with Gasteiger partial charge in [0.05, 0.1) is 0 Å². The molecule has 0 saturated heterocycles. The molecular weight excluding hydrogens is 308 g/mol. The van der Waals surface area contributed by atoms with Crippen LogP contribution in [0.5, 0.6) is 0 Å². The van der Waals surface area contributed by atoms with Gasteiger partial charge in [-0.2, -0.15) is 4.98 Å². The Morgan fingerprint density at radius 1 is 0.957 bits per heavy atom. The Morgan fingerprint density at radius 2 is 1.83 bits per heavy atom. The van der Waals surface area contributed by atoms with Crippen molar-refractivity contribution < 1.29 is 0 Å². The van der Waals surface area contributed by atoms with Gasteiger partial charge in [-0.25, -0.2) is 4.98 Å². The van der Waals surface area contributed by atoms with Gasteiger partial charge < -0.3 is 10.6 Å². The van der Waals surface area contributed by atoms with Crippen molar-refractivity contribution in [2.45, 2.75) is 6.42 Å². The fourth-order valence-electron chi connectivity index (χ4n) is 2.19. The highest BCUT2D eigenvalue weighted by Crippen LogP contribution is 2.18. The van der Waals surface area contributed by atoms with E-state index in [4.69, 9.17) is 11.6 Å². The third-order valence-electron chi connectivity index (χ3n) is 3.30. The van der Waals surface area contributed by atoms with Crippen molar-refractivity contribution in [3.05, 3.63) is 77.4 Å². The fraction of sp³-hybridized carbons (Fsp3) is 0.111. The molecule has 0 bridgehead atoms. The summed E-state index contributed by atoms with van der Waals surface area (Å²) in [5.74, 6) is 1.33. The highest BCUT2D eigenvalue weighted by molar-refractivity contribution is 6.30. The van der Waals surface area contributed by atoms with Gasteiger partial charge in [-0.05, 0) is 36.2 Å². The second-order valence-electron chi connectivity index (χ2n) is 5.06. The predicted octanol–water partition coefficient (Wildman–Crippen LogP) is 4.53. The van der Waals surface area contributed by atoms with Crippen LogP contribution in [-0.4, -0.2) is 16.5 Å². The van der Waals surface area contributed by atoms with Crippen molar-refractivity contribution in [2.24, 2.45) is 0 Å².